The molecule has 0 bridgehead atoms. The molecule has 0 unspecified atom stereocenters. The van der Waals surface area contributed by atoms with Crippen molar-refractivity contribution in [3.63, 3.8) is 0 Å². The van der Waals surface area contributed by atoms with E-state index < -0.39 is 0 Å². The number of nitrogens with two attached hydrogens (primary N) is 1. The van der Waals surface area contributed by atoms with Crippen LogP contribution in [0, 0.1) is 0 Å². The zero-order valence-corrected chi connectivity index (χ0v) is 11.7. The van der Waals surface area contributed by atoms with E-state index in [0.717, 1.165) is 31.5 Å². The molecule has 4 N–H and O–H groups in total. The van der Waals surface area contributed by atoms with Gasteiger partial charge in [0.2, 0.25) is 0 Å². The van der Waals surface area contributed by atoms with Gasteiger partial charge in [-0.05, 0) is 30.5 Å². The second-order valence-electron chi connectivity index (χ2n) is 4.67. The molecule has 4 heteroatoms. The van der Waals surface area contributed by atoms with E-state index in [4.69, 9.17) is 5.73 Å². The van der Waals surface area contributed by atoms with Gasteiger partial charge in [-0.3, -0.25) is 4.99 Å². The van der Waals surface area contributed by atoms with Crippen LogP contribution in [0.1, 0.15) is 38.2 Å². The lowest BCUT2D eigenvalue weighted by molar-refractivity contribution is 0.474. The summed E-state index contributed by atoms with van der Waals surface area (Å²) in [6.07, 6.45) is 5.64. The molecule has 4 nitrogen and oxygen atoms in total. The standard InChI is InChI=1S/C15H25N3O/c1-2-3-4-5-10-17-15(16)18-11-9-13-7-6-8-14(19)12-13/h6-8,12,19H,2-5,9-11H2,1H3,(H3,16,17,18). The molecule has 19 heavy (non-hydrogen) atoms. The summed E-state index contributed by atoms with van der Waals surface area (Å²) in [5, 5.41) is 12.4. The third-order valence-electron chi connectivity index (χ3n) is 2.92. The predicted molar refractivity (Wildman–Crippen MR) is 80.4 cm³/mol. The molecule has 0 aliphatic heterocycles. The Balaban J connectivity index is 2.16. The van der Waals surface area contributed by atoms with Crippen LogP contribution in [0.25, 0.3) is 0 Å². The molecule has 106 valence electrons. The van der Waals surface area contributed by atoms with Crippen molar-refractivity contribution in [3.05, 3.63) is 29.8 Å². The maximum atomic E-state index is 9.34. The number of guanidine groups is 1. The van der Waals surface area contributed by atoms with Gasteiger partial charge in [-0.2, -0.15) is 0 Å². The van der Waals surface area contributed by atoms with Gasteiger partial charge >= 0.3 is 0 Å². The van der Waals surface area contributed by atoms with E-state index in [-0.39, 0.29) is 0 Å². The van der Waals surface area contributed by atoms with Crippen LogP contribution in [0.3, 0.4) is 0 Å². The monoisotopic (exact) mass is 263 g/mol. The summed E-state index contributed by atoms with van der Waals surface area (Å²) >= 11 is 0. The van der Waals surface area contributed by atoms with Gasteiger partial charge in [0.05, 0.1) is 0 Å². The van der Waals surface area contributed by atoms with E-state index in [2.05, 4.69) is 17.2 Å². The minimum absolute atomic E-state index is 0.301. The highest BCUT2D eigenvalue weighted by Crippen LogP contribution is 2.10. The van der Waals surface area contributed by atoms with Gasteiger partial charge in [-0.15, -0.1) is 0 Å². The average molecular weight is 263 g/mol. The fraction of sp³-hybridized carbons (Fsp3) is 0.533. The van der Waals surface area contributed by atoms with Crippen LogP contribution in [0.15, 0.2) is 29.3 Å². The van der Waals surface area contributed by atoms with Crippen molar-refractivity contribution in [2.75, 3.05) is 13.1 Å². The number of hydrogen-bond donors (Lipinski definition) is 3. The summed E-state index contributed by atoms with van der Waals surface area (Å²) in [5.74, 6) is 0.812. The lowest BCUT2D eigenvalue weighted by Crippen LogP contribution is -2.33. The first-order valence-corrected chi connectivity index (χ1v) is 7.04. The van der Waals surface area contributed by atoms with E-state index in [1.54, 1.807) is 12.1 Å². The van der Waals surface area contributed by atoms with Gasteiger partial charge in [-0.1, -0.05) is 38.3 Å². The van der Waals surface area contributed by atoms with Crippen molar-refractivity contribution >= 4 is 5.96 Å². The van der Waals surface area contributed by atoms with Crippen LogP contribution in [0.2, 0.25) is 0 Å². The van der Waals surface area contributed by atoms with Crippen LogP contribution in [0.5, 0.6) is 5.75 Å². The fourth-order valence-corrected chi connectivity index (χ4v) is 1.84. The van der Waals surface area contributed by atoms with Crippen LogP contribution >= 0.6 is 0 Å². The summed E-state index contributed by atoms with van der Waals surface area (Å²) in [6.45, 7) is 3.72. The number of unbranched alkanes of at least 4 members (excludes halogenated alkanes) is 3. The van der Waals surface area contributed by atoms with Gasteiger partial charge < -0.3 is 16.2 Å². The molecule has 0 atom stereocenters. The molecule has 0 aliphatic rings. The Labute approximate surface area is 115 Å². The molecule has 0 saturated carbocycles. The SMILES string of the molecule is CCCCCCN=C(N)NCCc1cccc(O)c1. The molecular formula is C15H25N3O. The Kier molecular flexibility index (Phi) is 7.47. The van der Waals surface area contributed by atoms with Crippen LogP contribution in [0.4, 0.5) is 0 Å². The number of aromatic hydroxyl groups is 1. The Morgan fingerprint density at radius 2 is 2.16 bits per heavy atom. The average Bonchev–Trinajstić information content (AvgIpc) is 2.38. The lowest BCUT2D eigenvalue weighted by Gasteiger charge is -2.06. The fourth-order valence-electron chi connectivity index (χ4n) is 1.84. The van der Waals surface area contributed by atoms with Crippen molar-refractivity contribution in [3.8, 4) is 5.75 Å². The van der Waals surface area contributed by atoms with E-state index >= 15 is 0 Å². The molecule has 0 fully saturated rings. The highest BCUT2D eigenvalue weighted by atomic mass is 16.3. The Hall–Kier alpha value is -1.71. The highest BCUT2D eigenvalue weighted by molar-refractivity contribution is 5.77. The number of phenolic OH excluding ortho intramolecular Hbond substituents is 1. The molecule has 0 aromatic heterocycles. The number of nitrogens with one attached hydrogen (secondary N) is 1. The number of nitrogens with zero attached hydrogens (tertiary/aromatic N) is 1. The molecule has 0 spiro atoms. The molecule has 1 rings (SSSR count). The van der Waals surface area contributed by atoms with E-state index in [1.165, 1.54) is 19.3 Å². The molecule has 0 saturated heterocycles. The molecule has 1 aromatic carbocycles. The highest BCUT2D eigenvalue weighted by Gasteiger charge is 1.96. The molecule has 0 aliphatic carbocycles. The Morgan fingerprint density at radius 1 is 1.32 bits per heavy atom. The third kappa shape index (κ3) is 7.34. The largest absolute Gasteiger partial charge is 0.508 e. The van der Waals surface area contributed by atoms with Gasteiger partial charge in [-0.25, -0.2) is 0 Å². The van der Waals surface area contributed by atoms with Gasteiger partial charge in [0.25, 0.3) is 0 Å². The molecule has 1 aromatic rings. The van der Waals surface area contributed by atoms with Crippen molar-refractivity contribution in [1.82, 2.24) is 5.32 Å². The summed E-state index contributed by atoms with van der Waals surface area (Å²) in [6, 6.07) is 7.26. The van der Waals surface area contributed by atoms with Crippen LogP contribution in [-0.4, -0.2) is 24.2 Å². The molecule has 0 amide bonds. The number of benzene rings is 1. The van der Waals surface area contributed by atoms with Crippen LogP contribution in [-0.2, 0) is 6.42 Å². The summed E-state index contributed by atoms with van der Waals surface area (Å²) in [5.41, 5.74) is 6.86. The summed E-state index contributed by atoms with van der Waals surface area (Å²) < 4.78 is 0. The Bertz CT molecular complexity index is 391. The van der Waals surface area contributed by atoms with Crippen molar-refractivity contribution in [2.45, 2.75) is 39.0 Å². The first-order valence-electron chi connectivity index (χ1n) is 7.04. The Morgan fingerprint density at radius 3 is 2.89 bits per heavy atom. The number of phenols is 1. The van der Waals surface area contributed by atoms with Gasteiger partial charge in [0.1, 0.15) is 5.75 Å². The number of rotatable bonds is 8. The van der Waals surface area contributed by atoms with Gasteiger partial charge in [0.15, 0.2) is 5.96 Å². The molecule has 0 heterocycles. The van der Waals surface area contributed by atoms with Crippen molar-refractivity contribution in [1.29, 1.82) is 0 Å². The first-order chi connectivity index (χ1) is 9.22. The maximum Gasteiger partial charge on any atom is 0.188 e. The molecular weight excluding hydrogens is 238 g/mol. The quantitative estimate of drug-likeness (QED) is 0.383. The van der Waals surface area contributed by atoms with Gasteiger partial charge in [0, 0.05) is 13.1 Å². The van der Waals surface area contributed by atoms with E-state index in [1.807, 2.05) is 12.1 Å². The lowest BCUT2D eigenvalue weighted by atomic mass is 10.1. The predicted octanol–water partition coefficient (Wildman–Crippen LogP) is 2.42. The third-order valence-corrected chi connectivity index (χ3v) is 2.92. The summed E-state index contributed by atoms with van der Waals surface area (Å²) in [4.78, 5) is 4.28. The second kappa shape index (κ2) is 9.25. The van der Waals surface area contributed by atoms with Crippen molar-refractivity contribution in [2.24, 2.45) is 10.7 Å². The van der Waals surface area contributed by atoms with E-state index in [0.29, 0.717) is 11.7 Å². The normalized spacial score (nSPS) is 11.5. The van der Waals surface area contributed by atoms with E-state index in [9.17, 15) is 5.11 Å². The zero-order valence-electron chi connectivity index (χ0n) is 11.7. The summed E-state index contributed by atoms with van der Waals surface area (Å²) in [7, 11) is 0. The number of aliphatic imine (C=N–C) groups is 1. The van der Waals surface area contributed by atoms with Crippen LogP contribution < -0.4 is 11.1 Å². The minimum Gasteiger partial charge on any atom is -0.508 e. The van der Waals surface area contributed by atoms with Crippen molar-refractivity contribution < 1.29 is 5.11 Å². The zero-order chi connectivity index (χ0) is 13.9. The topological polar surface area (TPSA) is 70.6 Å². The molecule has 0 radical (unpaired) electrons. The number of hydrogen-bond acceptors (Lipinski definition) is 2. The maximum absolute atomic E-state index is 9.34. The smallest absolute Gasteiger partial charge is 0.188 e. The second-order valence-corrected chi connectivity index (χ2v) is 4.67. The minimum atomic E-state index is 0.301. The first kappa shape index (κ1) is 15.3.